The van der Waals surface area contributed by atoms with Crippen LogP contribution >= 0.6 is 0 Å². The zero-order chi connectivity index (χ0) is 18.9. The smallest absolute Gasteiger partial charge is 0.270 e. The second-order valence-corrected chi connectivity index (χ2v) is 9.35. The maximum Gasteiger partial charge on any atom is 0.281 e. The third-order valence-corrected chi connectivity index (χ3v) is 6.55. The predicted molar refractivity (Wildman–Crippen MR) is 99.6 cm³/mol. The van der Waals surface area contributed by atoms with Crippen LogP contribution in [0.3, 0.4) is 0 Å². The minimum atomic E-state index is -3.34. The summed E-state index contributed by atoms with van der Waals surface area (Å²) >= 11 is 0. The Bertz CT molecular complexity index is 862. The minimum absolute atomic E-state index is 0.257. The molecule has 26 heavy (non-hydrogen) atoms. The summed E-state index contributed by atoms with van der Waals surface area (Å²) in [7, 11) is -0.210. The average molecular weight is 379 g/mol. The Hall–Kier alpha value is -1.84. The molecule has 1 unspecified atom stereocenters. The van der Waals surface area contributed by atoms with Gasteiger partial charge >= 0.3 is 0 Å². The van der Waals surface area contributed by atoms with Crippen molar-refractivity contribution in [2.24, 2.45) is 5.92 Å². The molecule has 3 rings (SSSR count). The van der Waals surface area contributed by atoms with Gasteiger partial charge in [0.1, 0.15) is 0 Å². The molecular weight excluding hydrogens is 352 g/mol. The first kappa shape index (κ1) is 18.9. The van der Waals surface area contributed by atoms with Crippen LogP contribution in [0.15, 0.2) is 24.8 Å². The van der Waals surface area contributed by atoms with Crippen molar-refractivity contribution in [2.45, 2.75) is 32.7 Å². The number of hydrogen-bond acceptors (Lipinski definition) is 5. The van der Waals surface area contributed by atoms with Crippen LogP contribution in [0.25, 0.3) is 11.3 Å². The highest BCUT2D eigenvalue weighted by atomic mass is 32.2. The van der Waals surface area contributed by atoms with Crippen LogP contribution in [0.5, 0.6) is 0 Å². The number of rotatable bonds is 6. The Morgan fingerprint density at radius 1 is 1.27 bits per heavy atom. The first-order chi connectivity index (χ1) is 12.3. The van der Waals surface area contributed by atoms with Gasteiger partial charge < -0.3 is 0 Å². The van der Waals surface area contributed by atoms with Crippen LogP contribution in [-0.4, -0.2) is 64.0 Å². The van der Waals surface area contributed by atoms with Crippen LogP contribution in [0.2, 0.25) is 0 Å². The Kier molecular flexibility index (Phi) is 5.40. The van der Waals surface area contributed by atoms with Crippen molar-refractivity contribution in [1.82, 2.24) is 28.4 Å². The fourth-order valence-electron chi connectivity index (χ4n) is 3.10. The van der Waals surface area contributed by atoms with E-state index < -0.39 is 10.2 Å². The van der Waals surface area contributed by atoms with Crippen molar-refractivity contribution in [1.29, 1.82) is 0 Å². The van der Waals surface area contributed by atoms with Gasteiger partial charge in [0, 0.05) is 51.2 Å². The molecule has 0 spiro atoms. The van der Waals surface area contributed by atoms with Gasteiger partial charge in [0.25, 0.3) is 10.2 Å². The summed E-state index contributed by atoms with van der Waals surface area (Å²) in [5.74, 6) is 0.257. The number of nitrogens with zero attached hydrogens (tertiary/aromatic N) is 6. The molecule has 1 aliphatic rings. The van der Waals surface area contributed by atoms with Crippen LogP contribution in [-0.2, 0) is 16.6 Å². The van der Waals surface area contributed by atoms with Crippen LogP contribution in [0.1, 0.15) is 32.0 Å². The minimum Gasteiger partial charge on any atom is -0.270 e. The summed E-state index contributed by atoms with van der Waals surface area (Å²) in [5, 5.41) is 4.35. The molecule has 0 aliphatic carbocycles. The summed E-state index contributed by atoms with van der Waals surface area (Å²) in [6.45, 7) is 5.23. The lowest BCUT2D eigenvalue weighted by Gasteiger charge is -2.20. The molecule has 0 saturated carbocycles. The lowest BCUT2D eigenvalue weighted by molar-refractivity contribution is 0.409. The SMILES string of the molecule is CC(C)n1cc(-c2cncc(CC3CCN(S(=O)(=O)N(C)C)C3)n2)cn1. The molecule has 3 heterocycles. The molecule has 8 nitrogen and oxygen atoms in total. The fraction of sp³-hybridized carbons (Fsp3) is 0.588. The molecule has 1 aliphatic heterocycles. The lowest BCUT2D eigenvalue weighted by atomic mass is 10.0. The highest BCUT2D eigenvalue weighted by Crippen LogP contribution is 2.24. The van der Waals surface area contributed by atoms with Gasteiger partial charge in [-0.3, -0.25) is 9.67 Å². The van der Waals surface area contributed by atoms with Crippen molar-refractivity contribution in [2.75, 3.05) is 27.2 Å². The molecule has 2 aromatic heterocycles. The van der Waals surface area contributed by atoms with Gasteiger partial charge in [-0.2, -0.15) is 22.1 Å². The molecule has 0 radical (unpaired) electrons. The van der Waals surface area contributed by atoms with Crippen molar-refractivity contribution < 1.29 is 8.42 Å². The highest BCUT2D eigenvalue weighted by molar-refractivity contribution is 7.86. The second-order valence-electron chi connectivity index (χ2n) is 7.21. The van der Waals surface area contributed by atoms with E-state index in [0.717, 1.165) is 29.8 Å². The summed E-state index contributed by atoms with van der Waals surface area (Å²) in [4.78, 5) is 9.02. The molecule has 1 atom stereocenters. The largest absolute Gasteiger partial charge is 0.281 e. The van der Waals surface area contributed by atoms with Crippen LogP contribution in [0.4, 0.5) is 0 Å². The zero-order valence-electron chi connectivity index (χ0n) is 15.7. The highest BCUT2D eigenvalue weighted by Gasteiger charge is 2.32. The number of aromatic nitrogens is 4. The van der Waals surface area contributed by atoms with Crippen LogP contribution < -0.4 is 0 Å². The molecular formula is C17H26N6O2S. The zero-order valence-corrected chi connectivity index (χ0v) is 16.5. The molecule has 0 aromatic carbocycles. The summed E-state index contributed by atoms with van der Waals surface area (Å²) in [5.41, 5.74) is 2.62. The Morgan fingerprint density at radius 2 is 2.04 bits per heavy atom. The van der Waals surface area contributed by atoms with E-state index in [1.807, 2.05) is 10.9 Å². The van der Waals surface area contributed by atoms with E-state index in [4.69, 9.17) is 4.98 Å². The predicted octanol–water partition coefficient (Wildman–Crippen LogP) is 1.59. The number of hydrogen-bond donors (Lipinski definition) is 0. The molecule has 1 fully saturated rings. The Labute approximate surface area is 155 Å². The Morgan fingerprint density at radius 3 is 2.69 bits per heavy atom. The second kappa shape index (κ2) is 7.42. The quantitative estimate of drug-likeness (QED) is 0.762. The normalized spacial score (nSPS) is 18.9. The van der Waals surface area contributed by atoms with Gasteiger partial charge in [-0.05, 0) is 32.6 Å². The molecule has 2 aromatic rings. The third-order valence-electron chi connectivity index (χ3n) is 4.64. The summed E-state index contributed by atoms with van der Waals surface area (Å²) in [6, 6.07) is 0.294. The van der Waals surface area contributed by atoms with Crippen molar-refractivity contribution >= 4 is 10.2 Å². The molecule has 0 N–H and O–H groups in total. The first-order valence-electron chi connectivity index (χ1n) is 8.80. The van der Waals surface area contributed by atoms with Gasteiger partial charge in [-0.1, -0.05) is 0 Å². The topological polar surface area (TPSA) is 84.2 Å². The lowest BCUT2D eigenvalue weighted by Crippen LogP contribution is -2.38. The summed E-state index contributed by atoms with van der Waals surface area (Å²) < 4.78 is 29.2. The van der Waals surface area contributed by atoms with Gasteiger partial charge in [-0.15, -0.1) is 0 Å². The first-order valence-corrected chi connectivity index (χ1v) is 10.2. The van der Waals surface area contributed by atoms with Gasteiger partial charge in [0.05, 0.1) is 23.8 Å². The molecule has 0 amide bonds. The molecule has 9 heteroatoms. The van der Waals surface area contributed by atoms with Crippen molar-refractivity contribution in [3.63, 3.8) is 0 Å². The maximum absolute atomic E-state index is 12.2. The van der Waals surface area contributed by atoms with Gasteiger partial charge in [0.2, 0.25) is 0 Å². The fourth-order valence-corrected chi connectivity index (χ4v) is 4.29. The van der Waals surface area contributed by atoms with Gasteiger partial charge in [0.15, 0.2) is 0 Å². The van der Waals surface area contributed by atoms with Gasteiger partial charge in [-0.25, -0.2) is 4.98 Å². The molecule has 0 bridgehead atoms. The maximum atomic E-state index is 12.2. The molecule has 1 saturated heterocycles. The van der Waals surface area contributed by atoms with E-state index in [0.29, 0.717) is 19.1 Å². The van der Waals surface area contributed by atoms with E-state index in [1.165, 1.54) is 4.31 Å². The van der Waals surface area contributed by atoms with E-state index in [-0.39, 0.29) is 5.92 Å². The van der Waals surface area contributed by atoms with E-state index in [2.05, 4.69) is 23.9 Å². The summed E-state index contributed by atoms with van der Waals surface area (Å²) in [6.07, 6.45) is 8.83. The van der Waals surface area contributed by atoms with E-state index in [1.54, 1.807) is 37.0 Å². The van der Waals surface area contributed by atoms with Crippen molar-refractivity contribution in [3.05, 3.63) is 30.5 Å². The molecule has 142 valence electrons. The van der Waals surface area contributed by atoms with Crippen LogP contribution in [0, 0.1) is 5.92 Å². The van der Waals surface area contributed by atoms with Crippen molar-refractivity contribution in [3.8, 4) is 11.3 Å². The Balaban J connectivity index is 1.70. The average Bonchev–Trinajstić information content (AvgIpc) is 3.24. The standard InChI is InChI=1S/C17H26N6O2S/c1-13(2)23-12-15(8-19-23)17-10-18-9-16(20-17)7-14-5-6-22(11-14)26(24,25)21(3)4/h8-10,12-14H,5-7,11H2,1-4H3. The third kappa shape index (κ3) is 3.94. The van der Waals surface area contributed by atoms with E-state index >= 15 is 0 Å². The monoisotopic (exact) mass is 378 g/mol. The van der Waals surface area contributed by atoms with E-state index in [9.17, 15) is 8.42 Å².